The van der Waals surface area contributed by atoms with Gasteiger partial charge in [-0.25, -0.2) is 0 Å². The first-order chi connectivity index (χ1) is 10.1. The number of hydrogen-bond donors (Lipinski definition) is 0. The van der Waals surface area contributed by atoms with Crippen LogP contribution in [-0.4, -0.2) is 38.9 Å². The van der Waals surface area contributed by atoms with E-state index >= 15 is 0 Å². The molecule has 0 spiro atoms. The predicted octanol–water partition coefficient (Wildman–Crippen LogP) is 3.60. The fraction of sp³-hybridized carbons (Fsp3) is 0.882. The molecule has 0 atom stereocenters. The van der Waals surface area contributed by atoms with Crippen LogP contribution in [0.25, 0.3) is 0 Å². The number of esters is 2. The van der Waals surface area contributed by atoms with Gasteiger partial charge in [0.2, 0.25) is 0 Å². The number of hydrogen-bond acceptors (Lipinski definition) is 5. The van der Waals surface area contributed by atoms with Crippen molar-refractivity contribution in [3.05, 3.63) is 0 Å². The maximum atomic E-state index is 11.3. The molecule has 5 nitrogen and oxygen atoms in total. The second-order valence-electron chi connectivity index (χ2n) is 6.32. The lowest BCUT2D eigenvalue weighted by Crippen LogP contribution is -2.26. The zero-order valence-electron chi connectivity index (χ0n) is 15.6. The number of carbonyl (C=O) groups excluding carboxylic acids is 2. The zero-order valence-corrected chi connectivity index (χ0v) is 15.6. The van der Waals surface area contributed by atoms with E-state index in [1.54, 1.807) is 7.11 Å². The molecule has 0 rings (SSSR count). The molecule has 0 amide bonds. The third-order valence-electron chi connectivity index (χ3n) is 3.67. The van der Waals surface area contributed by atoms with Crippen molar-refractivity contribution in [3.63, 3.8) is 0 Å². The van der Waals surface area contributed by atoms with E-state index < -0.39 is 0 Å². The van der Waals surface area contributed by atoms with Crippen LogP contribution in [0.1, 0.15) is 61.3 Å². The van der Waals surface area contributed by atoms with Gasteiger partial charge in [0, 0.05) is 7.11 Å². The van der Waals surface area contributed by atoms with Crippen LogP contribution in [-0.2, 0) is 23.8 Å². The van der Waals surface area contributed by atoms with Crippen LogP contribution in [0.15, 0.2) is 0 Å². The number of methoxy groups -OCH3 is 1. The summed E-state index contributed by atoms with van der Waals surface area (Å²) in [5.41, 5.74) is -0.677. The Morgan fingerprint density at radius 1 is 0.773 bits per heavy atom. The van der Waals surface area contributed by atoms with E-state index in [4.69, 9.17) is 14.2 Å². The molecule has 0 aromatic carbocycles. The number of ether oxygens (including phenoxy) is 3. The SMILES string of the molecule is CCC(C)(C)C(=O)OCCOC.CCOC(=O)C(C)(C)CC. The highest BCUT2D eigenvalue weighted by Crippen LogP contribution is 2.21. The molecule has 0 aliphatic carbocycles. The van der Waals surface area contributed by atoms with Crippen LogP contribution in [0.2, 0.25) is 0 Å². The molecule has 0 saturated carbocycles. The van der Waals surface area contributed by atoms with Crippen LogP contribution in [0.3, 0.4) is 0 Å². The zero-order chi connectivity index (χ0) is 17.8. The van der Waals surface area contributed by atoms with E-state index in [0.717, 1.165) is 12.8 Å². The van der Waals surface area contributed by atoms with E-state index in [1.807, 2.05) is 48.5 Å². The molecule has 22 heavy (non-hydrogen) atoms. The summed E-state index contributed by atoms with van der Waals surface area (Å²) in [6.45, 7) is 14.6. The van der Waals surface area contributed by atoms with E-state index in [1.165, 1.54) is 0 Å². The van der Waals surface area contributed by atoms with Crippen LogP contribution in [0, 0.1) is 10.8 Å². The van der Waals surface area contributed by atoms with Gasteiger partial charge in [0.15, 0.2) is 0 Å². The van der Waals surface area contributed by atoms with Crippen LogP contribution < -0.4 is 0 Å². The second-order valence-corrected chi connectivity index (χ2v) is 6.32. The normalized spacial score (nSPS) is 11.3. The molecular formula is C17H34O5. The quantitative estimate of drug-likeness (QED) is 0.505. The lowest BCUT2D eigenvalue weighted by atomic mass is 9.91. The van der Waals surface area contributed by atoms with Gasteiger partial charge in [-0.1, -0.05) is 13.8 Å². The monoisotopic (exact) mass is 318 g/mol. The van der Waals surface area contributed by atoms with Crippen LogP contribution >= 0.6 is 0 Å². The van der Waals surface area contributed by atoms with Crippen molar-refractivity contribution >= 4 is 11.9 Å². The van der Waals surface area contributed by atoms with Gasteiger partial charge in [-0.15, -0.1) is 0 Å². The van der Waals surface area contributed by atoms with Gasteiger partial charge < -0.3 is 14.2 Å². The largest absolute Gasteiger partial charge is 0.466 e. The lowest BCUT2D eigenvalue weighted by Gasteiger charge is -2.19. The Labute approximate surface area is 135 Å². The van der Waals surface area contributed by atoms with Crippen molar-refractivity contribution in [2.75, 3.05) is 26.9 Å². The Morgan fingerprint density at radius 3 is 1.50 bits per heavy atom. The van der Waals surface area contributed by atoms with Gasteiger partial charge in [-0.05, 0) is 47.5 Å². The van der Waals surface area contributed by atoms with Crippen molar-refractivity contribution in [1.82, 2.24) is 0 Å². The standard InChI is InChI=1S/C9H18O3.C8H16O2/c1-5-9(2,3)8(10)12-7-6-11-4;1-5-8(3,4)7(9)10-6-2/h5-7H2,1-4H3;5-6H2,1-4H3. The maximum absolute atomic E-state index is 11.3. The van der Waals surface area contributed by atoms with Crippen LogP contribution in [0.5, 0.6) is 0 Å². The van der Waals surface area contributed by atoms with Crippen LogP contribution in [0.4, 0.5) is 0 Å². The Bertz CT molecular complexity index is 321. The molecule has 5 heteroatoms. The third-order valence-corrected chi connectivity index (χ3v) is 3.67. The molecule has 0 aliphatic heterocycles. The molecule has 132 valence electrons. The second kappa shape index (κ2) is 11.5. The summed E-state index contributed by atoms with van der Waals surface area (Å²) >= 11 is 0. The molecule has 0 radical (unpaired) electrons. The molecule has 0 aromatic heterocycles. The van der Waals surface area contributed by atoms with Gasteiger partial charge in [-0.3, -0.25) is 9.59 Å². The summed E-state index contributed by atoms with van der Waals surface area (Å²) < 4.78 is 14.6. The minimum absolute atomic E-state index is 0.0995. The molecule has 0 saturated heterocycles. The van der Waals surface area contributed by atoms with Crippen molar-refractivity contribution < 1.29 is 23.8 Å². The molecular weight excluding hydrogens is 284 g/mol. The lowest BCUT2D eigenvalue weighted by molar-refractivity contribution is -0.155. The van der Waals surface area contributed by atoms with Crippen molar-refractivity contribution in [2.45, 2.75) is 61.3 Å². The summed E-state index contributed by atoms with van der Waals surface area (Å²) in [4.78, 5) is 22.4. The molecule has 0 aromatic rings. The fourth-order valence-electron chi connectivity index (χ4n) is 1.03. The Morgan fingerprint density at radius 2 is 1.18 bits per heavy atom. The van der Waals surface area contributed by atoms with E-state index in [0.29, 0.717) is 19.8 Å². The third kappa shape index (κ3) is 9.77. The Balaban J connectivity index is 0. The number of rotatable bonds is 8. The Kier molecular flexibility index (Phi) is 12.1. The highest BCUT2D eigenvalue weighted by atomic mass is 16.6. The highest BCUT2D eigenvalue weighted by molar-refractivity contribution is 5.76. The van der Waals surface area contributed by atoms with Crippen molar-refractivity contribution in [1.29, 1.82) is 0 Å². The summed E-state index contributed by atoms with van der Waals surface area (Å²) in [6, 6.07) is 0. The first kappa shape index (κ1) is 23.2. The molecule has 0 heterocycles. The average molecular weight is 318 g/mol. The topological polar surface area (TPSA) is 61.8 Å². The van der Waals surface area contributed by atoms with E-state index in [-0.39, 0.29) is 22.8 Å². The van der Waals surface area contributed by atoms with Crippen molar-refractivity contribution in [2.24, 2.45) is 10.8 Å². The summed E-state index contributed by atoms with van der Waals surface area (Å²) in [5, 5.41) is 0. The van der Waals surface area contributed by atoms with Crippen molar-refractivity contribution in [3.8, 4) is 0 Å². The van der Waals surface area contributed by atoms with Gasteiger partial charge in [0.1, 0.15) is 6.61 Å². The molecule has 0 bridgehead atoms. The summed E-state index contributed by atoms with van der Waals surface area (Å²) in [7, 11) is 1.58. The molecule has 0 aliphatic rings. The first-order valence-corrected chi connectivity index (χ1v) is 7.92. The van der Waals surface area contributed by atoms with Gasteiger partial charge >= 0.3 is 11.9 Å². The molecule has 0 N–H and O–H groups in total. The Hall–Kier alpha value is -1.10. The summed E-state index contributed by atoms with van der Waals surface area (Å²) in [6.07, 6.45) is 1.62. The fourth-order valence-corrected chi connectivity index (χ4v) is 1.03. The molecule has 0 unspecified atom stereocenters. The summed E-state index contributed by atoms with van der Waals surface area (Å²) in [5.74, 6) is -0.250. The van der Waals surface area contributed by atoms with Gasteiger partial charge in [-0.2, -0.15) is 0 Å². The van der Waals surface area contributed by atoms with Gasteiger partial charge in [0.05, 0.1) is 24.0 Å². The first-order valence-electron chi connectivity index (χ1n) is 7.92. The van der Waals surface area contributed by atoms with E-state index in [9.17, 15) is 9.59 Å². The van der Waals surface area contributed by atoms with E-state index in [2.05, 4.69) is 0 Å². The number of carbonyl (C=O) groups is 2. The predicted molar refractivity (Wildman–Crippen MR) is 87.6 cm³/mol. The molecule has 0 fully saturated rings. The maximum Gasteiger partial charge on any atom is 0.311 e. The highest BCUT2D eigenvalue weighted by Gasteiger charge is 2.27. The minimum Gasteiger partial charge on any atom is -0.466 e. The minimum atomic E-state index is -0.367. The van der Waals surface area contributed by atoms with Gasteiger partial charge in [0.25, 0.3) is 0 Å². The average Bonchev–Trinajstić information content (AvgIpc) is 2.48. The smallest absolute Gasteiger partial charge is 0.311 e.